The lowest BCUT2D eigenvalue weighted by Gasteiger charge is -2.40. The average Bonchev–Trinajstić information content (AvgIpc) is 3.51. The van der Waals surface area contributed by atoms with E-state index >= 15 is 0 Å². The van der Waals surface area contributed by atoms with Gasteiger partial charge in [0, 0.05) is 37.6 Å². The first kappa shape index (κ1) is 24.0. The Balaban J connectivity index is 1.35. The number of imide groups is 1. The first-order valence-electron chi connectivity index (χ1n) is 12.3. The number of hydrogen-bond donors (Lipinski definition) is 1. The molecule has 0 saturated carbocycles. The lowest BCUT2D eigenvalue weighted by molar-refractivity contribution is -0.136. The second-order valence-electron chi connectivity index (χ2n) is 9.58. The quantitative estimate of drug-likeness (QED) is 0.529. The Kier molecular flexibility index (Phi) is 6.75. The van der Waals surface area contributed by atoms with E-state index in [0.717, 1.165) is 11.1 Å². The fraction of sp³-hybridized carbons (Fsp3) is 0.393. The Hall–Kier alpha value is -3.70. The molecule has 2 aromatic rings. The molecule has 3 aliphatic heterocycles. The number of carbonyl (C=O) groups is 3. The number of halogens is 1. The molecule has 4 amide bonds. The zero-order valence-electron chi connectivity index (χ0n) is 19.9. The minimum absolute atomic E-state index is 0.183. The van der Waals surface area contributed by atoms with Crippen molar-refractivity contribution in [3.8, 4) is 11.8 Å². The third-order valence-corrected chi connectivity index (χ3v) is 7.38. The molecule has 3 fully saturated rings. The highest BCUT2D eigenvalue weighted by molar-refractivity contribution is 6.08. The van der Waals surface area contributed by atoms with Gasteiger partial charge in [-0.25, -0.2) is 9.18 Å². The van der Waals surface area contributed by atoms with E-state index in [9.17, 15) is 18.8 Å². The normalized spacial score (nSPS) is 24.4. The molecule has 8 heteroatoms. The summed E-state index contributed by atoms with van der Waals surface area (Å²) in [4.78, 5) is 42.7. The molecule has 2 aromatic carbocycles. The summed E-state index contributed by atoms with van der Waals surface area (Å²) >= 11 is 0. The van der Waals surface area contributed by atoms with Crippen LogP contribution in [-0.4, -0.2) is 65.5 Å². The molecular weight excluding hydrogens is 461 g/mol. The first-order valence-corrected chi connectivity index (χ1v) is 12.3. The number of amides is 4. The van der Waals surface area contributed by atoms with Crippen molar-refractivity contribution in [3.05, 3.63) is 71.5 Å². The van der Waals surface area contributed by atoms with Crippen molar-refractivity contribution < 1.29 is 23.5 Å². The molecule has 0 aromatic heterocycles. The molecule has 0 spiro atoms. The van der Waals surface area contributed by atoms with Gasteiger partial charge in [-0.3, -0.25) is 14.5 Å². The van der Waals surface area contributed by atoms with Crippen molar-refractivity contribution in [2.75, 3.05) is 26.3 Å². The van der Waals surface area contributed by atoms with E-state index in [2.05, 4.69) is 17.2 Å². The number of piperidine rings is 1. The van der Waals surface area contributed by atoms with Crippen LogP contribution in [0.1, 0.15) is 30.4 Å². The largest absolute Gasteiger partial charge is 0.379 e. The van der Waals surface area contributed by atoms with E-state index in [1.54, 1.807) is 17.0 Å². The molecule has 0 aliphatic carbocycles. The minimum Gasteiger partial charge on any atom is -0.379 e. The predicted molar refractivity (Wildman–Crippen MR) is 130 cm³/mol. The van der Waals surface area contributed by atoms with Crippen LogP contribution in [0.15, 0.2) is 54.6 Å². The van der Waals surface area contributed by atoms with Crippen LogP contribution in [0.25, 0.3) is 0 Å². The molecule has 5 rings (SSSR count). The summed E-state index contributed by atoms with van der Waals surface area (Å²) in [6, 6.07) is 14.6. The Morgan fingerprint density at radius 2 is 1.78 bits per heavy atom. The van der Waals surface area contributed by atoms with Gasteiger partial charge in [0.25, 0.3) is 11.8 Å². The van der Waals surface area contributed by atoms with Crippen molar-refractivity contribution in [3.63, 3.8) is 0 Å². The van der Waals surface area contributed by atoms with Crippen LogP contribution in [0.2, 0.25) is 0 Å². The molecule has 3 aliphatic rings. The standard InChI is InChI=1S/C28H28FN3O4/c29-23-9-6-21(7-10-23)18-28(26(34)32(27(35)30-28)24-14-17-36-19-24)22-12-15-31(16-13-22)25(33)11-8-20-4-2-1-3-5-20/h1-7,9-10,22,24H,12-19H2,(H,30,35)/t24-,28-/m0/s1. The fourth-order valence-electron chi connectivity index (χ4n) is 5.44. The number of likely N-dealkylation sites (tertiary alicyclic amines) is 1. The van der Waals surface area contributed by atoms with E-state index in [-0.39, 0.29) is 36.0 Å². The van der Waals surface area contributed by atoms with Crippen LogP contribution in [0.4, 0.5) is 9.18 Å². The monoisotopic (exact) mass is 489 g/mol. The second-order valence-corrected chi connectivity index (χ2v) is 9.58. The third-order valence-electron chi connectivity index (χ3n) is 7.38. The Labute approximate surface area is 209 Å². The van der Waals surface area contributed by atoms with Crippen LogP contribution in [0, 0.1) is 23.6 Å². The minimum atomic E-state index is -1.15. The van der Waals surface area contributed by atoms with Crippen molar-refractivity contribution in [1.29, 1.82) is 0 Å². The van der Waals surface area contributed by atoms with Gasteiger partial charge in [0.2, 0.25) is 0 Å². The summed E-state index contributed by atoms with van der Waals surface area (Å²) < 4.78 is 19.0. The summed E-state index contributed by atoms with van der Waals surface area (Å²) in [6.45, 7) is 1.72. The maximum Gasteiger partial charge on any atom is 0.325 e. The van der Waals surface area contributed by atoms with E-state index in [1.165, 1.54) is 17.0 Å². The van der Waals surface area contributed by atoms with Gasteiger partial charge in [-0.15, -0.1) is 0 Å². The summed E-state index contributed by atoms with van der Waals surface area (Å²) in [5.41, 5.74) is 0.388. The number of hydrogen-bond acceptors (Lipinski definition) is 4. The molecular formula is C28H28FN3O4. The molecule has 0 radical (unpaired) electrons. The van der Waals surface area contributed by atoms with Crippen LogP contribution in [0.3, 0.4) is 0 Å². The summed E-state index contributed by atoms with van der Waals surface area (Å²) in [5, 5.41) is 3.02. The van der Waals surface area contributed by atoms with Gasteiger partial charge in [-0.1, -0.05) is 36.3 Å². The van der Waals surface area contributed by atoms with Crippen molar-refractivity contribution in [1.82, 2.24) is 15.1 Å². The maximum absolute atomic E-state index is 13.9. The molecule has 1 N–H and O–H groups in total. The topological polar surface area (TPSA) is 79.0 Å². The number of urea groups is 1. The summed E-state index contributed by atoms with van der Waals surface area (Å²) in [7, 11) is 0. The van der Waals surface area contributed by atoms with E-state index < -0.39 is 11.6 Å². The number of nitrogens with zero attached hydrogens (tertiary/aromatic N) is 2. The van der Waals surface area contributed by atoms with Crippen molar-refractivity contribution in [2.45, 2.75) is 37.3 Å². The summed E-state index contributed by atoms with van der Waals surface area (Å²) in [5.74, 6) is 4.55. The van der Waals surface area contributed by atoms with E-state index in [4.69, 9.17) is 4.74 Å². The lowest BCUT2D eigenvalue weighted by atomic mass is 9.73. The van der Waals surface area contributed by atoms with Gasteiger partial charge >= 0.3 is 6.03 Å². The number of rotatable bonds is 4. The number of carbonyl (C=O) groups excluding carboxylic acids is 3. The average molecular weight is 490 g/mol. The third kappa shape index (κ3) is 4.71. The van der Waals surface area contributed by atoms with Crippen molar-refractivity contribution in [2.24, 2.45) is 5.92 Å². The van der Waals surface area contributed by atoms with Crippen LogP contribution >= 0.6 is 0 Å². The number of ether oxygens (including phenoxy) is 1. The van der Waals surface area contributed by atoms with Gasteiger partial charge in [-0.2, -0.15) is 0 Å². The van der Waals surface area contributed by atoms with Gasteiger partial charge in [0.05, 0.1) is 12.6 Å². The highest BCUT2D eigenvalue weighted by Crippen LogP contribution is 2.38. The fourth-order valence-corrected chi connectivity index (χ4v) is 5.44. The summed E-state index contributed by atoms with van der Waals surface area (Å²) in [6.07, 6.45) is 1.95. The van der Waals surface area contributed by atoms with Gasteiger partial charge in [0.1, 0.15) is 11.4 Å². The SMILES string of the molecule is O=C(C#Cc1ccccc1)N1CCC([C@]2(Cc3ccc(F)cc3)NC(=O)N([C@H]3CCOC3)C2=O)CC1. The highest BCUT2D eigenvalue weighted by atomic mass is 19.1. The molecule has 7 nitrogen and oxygen atoms in total. The van der Waals surface area contributed by atoms with E-state index in [0.29, 0.717) is 45.6 Å². The van der Waals surface area contributed by atoms with E-state index in [1.807, 2.05) is 30.3 Å². The Bertz CT molecular complexity index is 1190. The lowest BCUT2D eigenvalue weighted by Crippen LogP contribution is -2.58. The number of nitrogens with one attached hydrogen (secondary N) is 1. The van der Waals surface area contributed by atoms with Crippen molar-refractivity contribution >= 4 is 17.8 Å². The Morgan fingerprint density at radius 3 is 2.44 bits per heavy atom. The molecule has 3 saturated heterocycles. The van der Waals surface area contributed by atoms with Gasteiger partial charge < -0.3 is 15.0 Å². The van der Waals surface area contributed by atoms with Gasteiger partial charge in [0.15, 0.2) is 0 Å². The molecule has 36 heavy (non-hydrogen) atoms. The van der Waals surface area contributed by atoms with Crippen LogP contribution in [0.5, 0.6) is 0 Å². The Morgan fingerprint density at radius 1 is 1.06 bits per heavy atom. The molecule has 0 bridgehead atoms. The molecule has 2 atom stereocenters. The highest BCUT2D eigenvalue weighted by Gasteiger charge is 2.57. The zero-order valence-corrected chi connectivity index (χ0v) is 19.9. The maximum atomic E-state index is 13.9. The molecule has 0 unspecified atom stereocenters. The zero-order chi connectivity index (χ0) is 25.1. The predicted octanol–water partition coefficient (Wildman–Crippen LogP) is 2.74. The number of benzene rings is 2. The molecule has 3 heterocycles. The smallest absolute Gasteiger partial charge is 0.325 e. The first-order chi connectivity index (χ1) is 17.5. The van der Waals surface area contributed by atoms with Crippen LogP contribution in [-0.2, 0) is 20.7 Å². The second kappa shape index (κ2) is 10.1. The molecule has 186 valence electrons. The van der Waals surface area contributed by atoms with Crippen LogP contribution < -0.4 is 5.32 Å². The van der Waals surface area contributed by atoms with Gasteiger partial charge in [-0.05, 0) is 55.0 Å².